The fraction of sp³-hybridized carbons (Fsp3) is 0.500. The first kappa shape index (κ1) is 15.5. The number of carbonyl (C=O) groups is 2. The van der Waals surface area contributed by atoms with Crippen molar-refractivity contribution in [1.29, 1.82) is 0 Å². The molecule has 0 aliphatic carbocycles. The van der Waals surface area contributed by atoms with E-state index in [4.69, 9.17) is 5.11 Å². The Morgan fingerprint density at radius 2 is 2.19 bits per heavy atom. The highest BCUT2D eigenvalue weighted by Gasteiger charge is 2.15. The molecule has 1 aromatic carbocycles. The molecule has 1 heterocycles. The second-order valence-electron chi connectivity index (χ2n) is 5.52. The number of nitrogens with one attached hydrogen (secondary N) is 2. The number of anilines is 1. The van der Waals surface area contributed by atoms with Crippen LogP contribution in [0.5, 0.6) is 0 Å². The highest BCUT2D eigenvalue weighted by atomic mass is 16.4. The molecule has 1 amide bonds. The van der Waals surface area contributed by atoms with Crippen molar-refractivity contribution in [2.45, 2.75) is 45.1 Å². The Morgan fingerprint density at radius 1 is 1.38 bits per heavy atom. The summed E-state index contributed by atoms with van der Waals surface area (Å²) < 4.78 is 0. The molecule has 1 aromatic rings. The van der Waals surface area contributed by atoms with Crippen LogP contribution in [0.2, 0.25) is 0 Å². The molecule has 2 rings (SSSR count). The standard InChI is InChI=1S/C16H22N2O3/c1-11-13(16(20)21)6-4-7-14(11)18-15(19)9-8-12-5-2-3-10-17-12/h4,6-7,12,17H,2-3,5,8-10H2,1H3,(H,18,19)(H,20,21). The van der Waals surface area contributed by atoms with Crippen LogP contribution in [0.25, 0.3) is 0 Å². The van der Waals surface area contributed by atoms with E-state index in [2.05, 4.69) is 10.6 Å². The number of carboxylic acids is 1. The molecular weight excluding hydrogens is 268 g/mol. The molecule has 5 nitrogen and oxygen atoms in total. The normalized spacial score (nSPS) is 18.2. The largest absolute Gasteiger partial charge is 0.478 e. The average Bonchev–Trinajstić information content (AvgIpc) is 2.48. The van der Waals surface area contributed by atoms with Crippen LogP contribution < -0.4 is 10.6 Å². The third-order valence-electron chi connectivity index (χ3n) is 3.97. The minimum Gasteiger partial charge on any atom is -0.478 e. The molecule has 1 unspecified atom stereocenters. The van der Waals surface area contributed by atoms with Crippen molar-refractivity contribution in [2.75, 3.05) is 11.9 Å². The van der Waals surface area contributed by atoms with E-state index >= 15 is 0 Å². The molecular formula is C16H22N2O3. The van der Waals surface area contributed by atoms with Gasteiger partial charge in [0.25, 0.3) is 0 Å². The summed E-state index contributed by atoms with van der Waals surface area (Å²) in [5.41, 5.74) is 1.40. The number of piperidine rings is 1. The summed E-state index contributed by atoms with van der Waals surface area (Å²) in [6.07, 6.45) is 4.83. The maximum absolute atomic E-state index is 12.0. The van der Waals surface area contributed by atoms with Crippen LogP contribution in [0.1, 0.15) is 48.0 Å². The van der Waals surface area contributed by atoms with Crippen LogP contribution in [-0.4, -0.2) is 29.6 Å². The molecule has 0 aromatic heterocycles. The number of hydrogen-bond donors (Lipinski definition) is 3. The first-order chi connectivity index (χ1) is 10.1. The quantitative estimate of drug-likeness (QED) is 0.778. The molecule has 114 valence electrons. The van der Waals surface area contributed by atoms with Crippen molar-refractivity contribution in [3.05, 3.63) is 29.3 Å². The van der Waals surface area contributed by atoms with Crippen molar-refractivity contribution >= 4 is 17.6 Å². The molecule has 0 spiro atoms. The minimum absolute atomic E-state index is 0.0620. The summed E-state index contributed by atoms with van der Waals surface area (Å²) in [5, 5.41) is 15.3. The van der Waals surface area contributed by atoms with Crippen LogP contribution in [-0.2, 0) is 4.79 Å². The first-order valence-corrected chi connectivity index (χ1v) is 7.44. The molecule has 1 aliphatic rings. The van der Waals surface area contributed by atoms with Gasteiger partial charge in [-0.1, -0.05) is 12.5 Å². The van der Waals surface area contributed by atoms with Gasteiger partial charge in [0.2, 0.25) is 5.91 Å². The SMILES string of the molecule is Cc1c(NC(=O)CCC2CCCCN2)cccc1C(=O)O. The summed E-state index contributed by atoms with van der Waals surface area (Å²) >= 11 is 0. The number of amides is 1. The van der Waals surface area contributed by atoms with Crippen molar-refractivity contribution < 1.29 is 14.7 Å². The fourth-order valence-electron chi connectivity index (χ4n) is 2.69. The lowest BCUT2D eigenvalue weighted by Gasteiger charge is -2.23. The van der Waals surface area contributed by atoms with Gasteiger partial charge in [0.15, 0.2) is 0 Å². The van der Waals surface area contributed by atoms with Crippen LogP contribution in [0.3, 0.4) is 0 Å². The lowest BCUT2D eigenvalue weighted by Crippen LogP contribution is -2.34. The lowest BCUT2D eigenvalue weighted by molar-refractivity contribution is -0.116. The van der Waals surface area contributed by atoms with Gasteiger partial charge in [-0.3, -0.25) is 4.79 Å². The number of carbonyl (C=O) groups excluding carboxylic acids is 1. The van der Waals surface area contributed by atoms with Gasteiger partial charge in [-0.2, -0.15) is 0 Å². The van der Waals surface area contributed by atoms with Gasteiger partial charge in [-0.15, -0.1) is 0 Å². The number of rotatable bonds is 5. The molecule has 1 fully saturated rings. The molecule has 1 saturated heterocycles. The van der Waals surface area contributed by atoms with Crippen molar-refractivity contribution in [1.82, 2.24) is 5.32 Å². The van der Waals surface area contributed by atoms with Gasteiger partial charge >= 0.3 is 5.97 Å². The number of aromatic carboxylic acids is 1. The minimum atomic E-state index is -0.977. The third kappa shape index (κ3) is 4.29. The maximum atomic E-state index is 12.0. The van der Waals surface area contributed by atoms with E-state index in [0.717, 1.165) is 19.4 Å². The highest BCUT2D eigenvalue weighted by Crippen LogP contribution is 2.20. The fourth-order valence-corrected chi connectivity index (χ4v) is 2.69. The van der Waals surface area contributed by atoms with Gasteiger partial charge in [-0.25, -0.2) is 4.79 Å². The Bertz CT molecular complexity index is 522. The predicted octanol–water partition coefficient (Wildman–Crippen LogP) is 2.55. The zero-order chi connectivity index (χ0) is 15.2. The summed E-state index contributed by atoms with van der Waals surface area (Å²) in [6, 6.07) is 5.35. The molecule has 1 aliphatic heterocycles. The van der Waals surface area contributed by atoms with Crippen LogP contribution in [0.4, 0.5) is 5.69 Å². The van der Waals surface area contributed by atoms with Crippen molar-refractivity contribution in [3.63, 3.8) is 0 Å². The summed E-state index contributed by atoms with van der Waals surface area (Å²) in [6.45, 7) is 2.74. The zero-order valence-corrected chi connectivity index (χ0v) is 12.3. The molecule has 0 radical (unpaired) electrons. The van der Waals surface area contributed by atoms with Crippen LogP contribution >= 0.6 is 0 Å². The molecule has 0 saturated carbocycles. The van der Waals surface area contributed by atoms with E-state index in [1.807, 2.05) is 0 Å². The molecule has 1 atom stereocenters. The first-order valence-electron chi connectivity index (χ1n) is 7.44. The number of hydrogen-bond acceptors (Lipinski definition) is 3. The summed E-state index contributed by atoms with van der Waals surface area (Å²) in [5.74, 6) is -1.04. The second kappa shape index (κ2) is 7.22. The molecule has 0 bridgehead atoms. The Kier molecular flexibility index (Phi) is 5.33. The molecule has 3 N–H and O–H groups in total. The van der Waals surface area contributed by atoms with Gasteiger partial charge in [0.1, 0.15) is 0 Å². The summed E-state index contributed by atoms with van der Waals surface area (Å²) in [4.78, 5) is 23.1. The van der Waals surface area contributed by atoms with E-state index < -0.39 is 5.97 Å². The van der Waals surface area contributed by atoms with Gasteiger partial charge < -0.3 is 15.7 Å². The number of carboxylic acid groups (broad SMARTS) is 1. The van der Waals surface area contributed by atoms with E-state index in [-0.39, 0.29) is 11.5 Å². The maximum Gasteiger partial charge on any atom is 0.336 e. The van der Waals surface area contributed by atoms with Gasteiger partial charge in [0.05, 0.1) is 5.56 Å². The Hall–Kier alpha value is -1.88. The average molecular weight is 290 g/mol. The molecule has 5 heteroatoms. The third-order valence-corrected chi connectivity index (χ3v) is 3.97. The summed E-state index contributed by atoms with van der Waals surface area (Å²) in [7, 11) is 0. The zero-order valence-electron chi connectivity index (χ0n) is 12.3. The van der Waals surface area contributed by atoms with E-state index in [0.29, 0.717) is 23.7 Å². The van der Waals surface area contributed by atoms with Gasteiger partial charge in [-0.05, 0) is 50.4 Å². The van der Waals surface area contributed by atoms with E-state index in [1.165, 1.54) is 12.8 Å². The van der Waals surface area contributed by atoms with Gasteiger partial charge in [0, 0.05) is 18.2 Å². The van der Waals surface area contributed by atoms with Crippen LogP contribution in [0.15, 0.2) is 18.2 Å². The second-order valence-corrected chi connectivity index (χ2v) is 5.52. The number of benzene rings is 1. The van der Waals surface area contributed by atoms with E-state index in [1.54, 1.807) is 25.1 Å². The highest BCUT2D eigenvalue weighted by molar-refractivity contribution is 5.96. The predicted molar refractivity (Wildman–Crippen MR) is 81.6 cm³/mol. The monoisotopic (exact) mass is 290 g/mol. The Morgan fingerprint density at radius 3 is 2.86 bits per heavy atom. The molecule has 21 heavy (non-hydrogen) atoms. The van der Waals surface area contributed by atoms with E-state index in [9.17, 15) is 9.59 Å². The Balaban J connectivity index is 1.90. The Labute approximate surface area is 124 Å². The van der Waals surface area contributed by atoms with Crippen LogP contribution in [0, 0.1) is 6.92 Å². The van der Waals surface area contributed by atoms with Crippen molar-refractivity contribution in [3.8, 4) is 0 Å². The smallest absolute Gasteiger partial charge is 0.336 e. The topological polar surface area (TPSA) is 78.4 Å². The lowest BCUT2D eigenvalue weighted by atomic mass is 10.0. The van der Waals surface area contributed by atoms with Crippen molar-refractivity contribution in [2.24, 2.45) is 0 Å².